The number of rotatable bonds is 3. The number of carboxylic acids is 1. The Labute approximate surface area is 136 Å². The Morgan fingerprint density at radius 3 is 2.77 bits per heavy atom. The van der Waals surface area contributed by atoms with E-state index in [0.29, 0.717) is 6.54 Å². The number of aliphatic carboxylic acids is 1. The highest BCUT2D eigenvalue weighted by Gasteiger charge is 2.50. The Bertz CT molecular complexity index is 555. The number of halogens is 1. The van der Waals surface area contributed by atoms with Gasteiger partial charge in [-0.25, -0.2) is 0 Å². The Morgan fingerprint density at radius 1 is 1.41 bits per heavy atom. The first-order valence-corrected chi connectivity index (χ1v) is 8.24. The second-order valence-corrected chi connectivity index (χ2v) is 7.29. The third kappa shape index (κ3) is 3.14. The molecule has 2 aliphatic rings. The van der Waals surface area contributed by atoms with Crippen molar-refractivity contribution >= 4 is 17.6 Å². The molecule has 1 aromatic rings. The largest absolute Gasteiger partial charge is 0.481 e. The summed E-state index contributed by atoms with van der Waals surface area (Å²) >= 11 is 6.05. The van der Waals surface area contributed by atoms with E-state index in [1.54, 1.807) is 0 Å². The van der Waals surface area contributed by atoms with Gasteiger partial charge in [-0.15, -0.1) is 0 Å². The van der Waals surface area contributed by atoms with E-state index in [4.69, 9.17) is 11.6 Å². The number of benzene rings is 1. The average molecular weight is 323 g/mol. The Morgan fingerprint density at radius 2 is 2.14 bits per heavy atom. The van der Waals surface area contributed by atoms with Crippen molar-refractivity contribution in [2.45, 2.75) is 19.4 Å². The predicted octanol–water partition coefficient (Wildman–Crippen LogP) is 2.57. The number of nitrogens with zero attached hydrogens (tertiary/aromatic N) is 2. The lowest BCUT2D eigenvalue weighted by atomic mass is 9.71. The van der Waals surface area contributed by atoms with Crippen molar-refractivity contribution in [2.75, 3.05) is 33.2 Å². The summed E-state index contributed by atoms with van der Waals surface area (Å²) < 4.78 is 0. The lowest BCUT2D eigenvalue weighted by Crippen LogP contribution is -2.44. The molecule has 0 radical (unpaired) electrons. The van der Waals surface area contributed by atoms with Gasteiger partial charge in [-0.2, -0.15) is 0 Å². The number of carbonyl (C=O) groups is 1. The molecule has 2 saturated heterocycles. The van der Waals surface area contributed by atoms with E-state index < -0.39 is 5.97 Å². The first-order chi connectivity index (χ1) is 10.5. The molecule has 1 spiro atoms. The Kier molecular flexibility index (Phi) is 4.44. The van der Waals surface area contributed by atoms with Gasteiger partial charge in [0.15, 0.2) is 0 Å². The fourth-order valence-corrected chi connectivity index (χ4v) is 4.21. The zero-order valence-electron chi connectivity index (χ0n) is 13.0. The van der Waals surface area contributed by atoms with Crippen LogP contribution >= 0.6 is 11.6 Å². The quantitative estimate of drug-likeness (QED) is 0.929. The van der Waals surface area contributed by atoms with Crippen LogP contribution in [0.5, 0.6) is 0 Å². The molecule has 4 nitrogen and oxygen atoms in total. The number of likely N-dealkylation sites (tertiary alicyclic amines) is 2. The summed E-state index contributed by atoms with van der Waals surface area (Å²) in [4.78, 5) is 16.3. The predicted molar refractivity (Wildman–Crippen MR) is 87.0 cm³/mol. The smallest absolute Gasteiger partial charge is 0.308 e. The van der Waals surface area contributed by atoms with Crippen LogP contribution in [0.25, 0.3) is 0 Å². The maximum Gasteiger partial charge on any atom is 0.308 e. The normalized spacial score (nSPS) is 25.6. The van der Waals surface area contributed by atoms with Crippen LogP contribution in [0, 0.1) is 11.3 Å². The van der Waals surface area contributed by atoms with Crippen molar-refractivity contribution < 1.29 is 9.90 Å². The van der Waals surface area contributed by atoms with E-state index in [-0.39, 0.29) is 11.3 Å². The standard InChI is InChI=1S/C17H23ClN2O2/c1-19-7-5-17(6-8-19)12-20(11-15(17)16(21)22)10-13-3-2-4-14(18)9-13/h2-4,9,15H,5-8,10-12H2,1H3,(H,21,22)/t15-/m0/s1. The third-order valence-corrected chi connectivity index (χ3v) is 5.53. The molecule has 2 aliphatic heterocycles. The van der Waals surface area contributed by atoms with Gasteiger partial charge in [-0.1, -0.05) is 23.7 Å². The molecule has 0 amide bonds. The van der Waals surface area contributed by atoms with E-state index in [9.17, 15) is 9.90 Å². The fourth-order valence-electron chi connectivity index (χ4n) is 4.00. The monoisotopic (exact) mass is 322 g/mol. The molecule has 2 heterocycles. The average Bonchev–Trinajstić information content (AvgIpc) is 2.81. The molecule has 120 valence electrons. The summed E-state index contributed by atoms with van der Waals surface area (Å²) in [5.41, 5.74) is 1.10. The van der Waals surface area contributed by atoms with Gasteiger partial charge in [-0.3, -0.25) is 9.69 Å². The minimum Gasteiger partial charge on any atom is -0.481 e. The molecule has 1 atom stereocenters. The SMILES string of the molecule is CN1CCC2(CC1)CN(Cc1cccc(Cl)c1)C[C@H]2C(=O)O. The zero-order valence-corrected chi connectivity index (χ0v) is 13.7. The van der Waals surface area contributed by atoms with Gasteiger partial charge in [0.25, 0.3) is 0 Å². The van der Waals surface area contributed by atoms with E-state index in [1.165, 1.54) is 0 Å². The molecule has 0 bridgehead atoms. The summed E-state index contributed by atoms with van der Waals surface area (Å²) in [7, 11) is 2.11. The van der Waals surface area contributed by atoms with E-state index >= 15 is 0 Å². The molecule has 2 fully saturated rings. The summed E-state index contributed by atoms with van der Waals surface area (Å²) in [6, 6.07) is 7.85. The molecule has 0 aliphatic carbocycles. The van der Waals surface area contributed by atoms with Gasteiger partial charge in [-0.05, 0) is 50.7 Å². The second-order valence-electron chi connectivity index (χ2n) is 6.86. The minimum atomic E-state index is -0.641. The molecular weight excluding hydrogens is 300 g/mol. The van der Waals surface area contributed by atoms with Crippen molar-refractivity contribution in [1.29, 1.82) is 0 Å². The van der Waals surface area contributed by atoms with Crippen molar-refractivity contribution in [2.24, 2.45) is 11.3 Å². The molecule has 22 heavy (non-hydrogen) atoms. The Hall–Kier alpha value is -1.10. The summed E-state index contributed by atoms with van der Waals surface area (Å²) in [6.45, 7) is 4.29. The molecular formula is C17H23ClN2O2. The first kappa shape index (κ1) is 15.8. The minimum absolute atomic E-state index is 0.0586. The summed E-state index contributed by atoms with van der Waals surface area (Å²) in [5, 5.41) is 10.4. The first-order valence-electron chi connectivity index (χ1n) is 7.87. The van der Waals surface area contributed by atoms with Gasteiger partial charge < -0.3 is 10.0 Å². The fraction of sp³-hybridized carbons (Fsp3) is 0.588. The topological polar surface area (TPSA) is 43.8 Å². The molecule has 1 aromatic carbocycles. The van der Waals surface area contributed by atoms with Crippen LogP contribution in [0.4, 0.5) is 0 Å². The highest BCUT2D eigenvalue weighted by Crippen LogP contribution is 2.45. The second kappa shape index (κ2) is 6.19. The molecule has 0 aromatic heterocycles. The molecule has 3 rings (SSSR count). The van der Waals surface area contributed by atoms with Crippen molar-refractivity contribution in [3.63, 3.8) is 0 Å². The van der Waals surface area contributed by atoms with Gasteiger partial charge in [0.1, 0.15) is 0 Å². The van der Waals surface area contributed by atoms with Crippen LogP contribution in [0.15, 0.2) is 24.3 Å². The highest BCUT2D eigenvalue weighted by atomic mass is 35.5. The van der Waals surface area contributed by atoms with Crippen LogP contribution in [-0.4, -0.2) is 54.1 Å². The van der Waals surface area contributed by atoms with Gasteiger partial charge in [0.05, 0.1) is 5.92 Å². The number of carboxylic acid groups (broad SMARTS) is 1. The van der Waals surface area contributed by atoms with Crippen molar-refractivity contribution in [3.8, 4) is 0 Å². The van der Waals surface area contributed by atoms with Crippen LogP contribution in [0.2, 0.25) is 5.02 Å². The summed E-state index contributed by atoms with van der Waals surface area (Å²) in [6.07, 6.45) is 1.96. The maximum absolute atomic E-state index is 11.7. The zero-order chi connectivity index (χ0) is 15.7. The number of piperidine rings is 1. The Balaban J connectivity index is 1.74. The lowest BCUT2D eigenvalue weighted by molar-refractivity contribution is -0.145. The third-order valence-electron chi connectivity index (χ3n) is 5.29. The molecule has 0 saturated carbocycles. The van der Waals surface area contributed by atoms with Crippen LogP contribution in [0.3, 0.4) is 0 Å². The number of hydrogen-bond donors (Lipinski definition) is 1. The van der Waals surface area contributed by atoms with Crippen molar-refractivity contribution in [3.05, 3.63) is 34.9 Å². The van der Waals surface area contributed by atoms with E-state index in [1.807, 2.05) is 18.2 Å². The van der Waals surface area contributed by atoms with Crippen LogP contribution in [-0.2, 0) is 11.3 Å². The highest BCUT2D eigenvalue weighted by molar-refractivity contribution is 6.30. The molecule has 0 unspecified atom stereocenters. The van der Waals surface area contributed by atoms with Gasteiger partial charge >= 0.3 is 5.97 Å². The van der Waals surface area contributed by atoms with E-state index in [0.717, 1.165) is 49.6 Å². The number of hydrogen-bond acceptors (Lipinski definition) is 3. The van der Waals surface area contributed by atoms with Gasteiger partial charge in [0.2, 0.25) is 0 Å². The van der Waals surface area contributed by atoms with Crippen molar-refractivity contribution in [1.82, 2.24) is 9.80 Å². The van der Waals surface area contributed by atoms with E-state index in [2.05, 4.69) is 22.9 Å². The molecule has 1 N–H and O–H groups in total. The summed E-state index contributed by atoms with van der Waals surface area (Å²) in [5.74, 6) is -0.890. The van der Waals surface area contributed by atoms with Crippen LogP contribution in [0.1, 0.15) is 18.4 Å². The molecule has 5 heteroatoms. The lowest BCUT2D eigenvalue weighted by Gasteiger charge is -2.40. The maximum atomic E-state index is 11.7. The van der Waals surface area contributed by atoms with Gasteiger partial charge in [0, 0.05) is 30.1 Å². The van der Waals surface area contributed by atoms with Crippen LogP contribution < -0.4 is 0 Å².